The van der Waals surface area contributed by atoms with Crippen LogP contribution in [0, 0.1) is 0 Å². The quantitative estimate of drug-likeness (QED) is 0.162. The van der Waals surface area contributed by atoms with E-state index in [1.54, 1.807) is 0 Å². The fraction of sp³-hybridized carbons (Fsp3) is 0.107. The van der Waals surface area contributed by atoms with Crippen LogP contribution in [0.2, 0.25) is 0 Å². The van der Waals surface area contributed by atoms with E-state index >= 15 is 0 Å². The first-order valence-corrected chi connectivity index (χ1v) is 20.8. The Bertz CT molecular complexity index is 3080. The van der Waals surface area contributed by atoms with Crippen LogP contribution in [-0.2, 0) is 0 Å². The molecule has 2 nitrogen and oxygen atoms in total. The van der Waals surface area contributed by atoms with Crippen molar-refractivity contribution in [1.29, 1.82) is 0 Å². The summed E-state index contributed by atoms with van der Waals surface area (Å²) in [5, 5.41) is 7.45. The summed E-state index contributed by atoms with van der Waals surface area (Å²) in [4.78, 5) is 2.45. The number of fused-ring (bicyclic) bond motifs is 5. The zero-order valence-corrected chi connectivity index (χ0v) is 32.4. The van der Waals surface area contributed by atoms with E-state index in [-0.39, 0.29) is 0 Å². The van der Waals surface area contributed by atoms with E-state index in [0.717, 1.165) is 39.0 Å². The van der Waals surface area contributed by atoms with Gasteiger partial charge in [-0.05, 0) is 110 Å². The molecular weight excluding hydrogens is 703 g/mol. The summed E-state index contributed by atoms with van der Waals surface area (Å²) in [5.74, 6) is 0.585. The molecule has 58 heavy (non-hydrogen) atoms. The fourth-order valence-corrected chi connectivity index (χ4v) is 9.72. The number of benzene rings is 9. The Morgan fingerprint density at radius 3 is 1.78 bits per heavy atom. The Kier molecular flexibility index (Phi) is 8.62. The van der Waals surface area contributed by atoms with Gasteiger partial charge >= 0.3 is 0 Å². The number of anilines is 3. The Morgan fingerprint density at radius 1 is 0.379 bits per heavy atom. The molecule has 1 heterocycles. The molecule has 1 aliphatic carbocycles. The molecule has 11 rings (SSSR count). The second-order valence-electron chi connectivity index (χ2n) is 15.8. The highest BCUT2D eigenvalue weighted by atomic mass is 16.3. The number of nitrogens with zero attached hydrogens (tertiary/aromatic N) is 1. The molecule has 1 saturated carbocycles. The minimum atomic E-state index is 0.585. The lowest BCUT2D eigenvalue weighted by Gasteiger charge is -2.29. The average molecular weight is 746 g/mol. The standard InChI is InChI=1S/C56H43NO/c1-2-14-41(15-3-1)47-24-11-18-43-19-12-25-49(55(43)47)48-21-6-8-26-51(48)57(52-27-13-29-54-56(52)50-22-7-9-28-53(50)58-54)44-36-34-39(35-37-44)38-30-32-42(33-31-38)46-23-10-17-40-16-4-5-20-45(40)46/h4-13,16-37,41H,1-3,14-15H2. The Balaban J connectivity index is 1.06. The molecule has 0 aliphatic heterocycles. The van der Waals surface area contributed by atoms with Crippen molar-refractivity contribution in [3.63, 3.8) is 0 Å². The van der Waals surface area contributed by atoms with Gasteiger partial charge in [-0.3, -0.25) is 0 Å². The molecule has 0 bridgehead atoms. The average Bonchev–Trinajstić information content (AvgIpc) is 3.69. The first kappa shape index (κ1) is 34.4. The van der Waals surface area contributed by atoms with E-state index < -0.39 is 0 Å². The zero-order valence-electron chi connectivity index (χ0n) is 32.4. The van der Waals surface area contributed by atoms with Gasteiger partial charge in [0.1, 0.15) is 11.2 Å². The van der Waals surface area contributed by atoms with Crippen molar-refractivity contribution in [1.82, 2.24) is 0 Å². The predicted molar refractivity (Wildman–Crippen MR) is 246 cm³/mol. The maximum Gasteiger partial charge on any atom is 0.137 e. The van der Waals surface area contributed by atoms with Gasteiger partial charge in [-0.1, -0.05) is 177 Å². The highest BCUT2D eigenvalue weighted by Gasteiger charge is 2.24. The molecule has 0 saturated heterocycles. The highest BCUT2D eigenvalue weighted by molar-refractivity contribution is 6.14. The van der Waals surface area contributed by atoms with E-state index in [2.05, 4.69) is 199 Å². The van der Waals surface area contributed by atoms with Crippen molar-refractivity contribution in [2.24, 2.45) is 0 Å². The van der Waals surface area contributed by atoms with Crippen LogP contribution in [-0.4, -0.2) is 0 Å². The van der Waals surface area contributed by atoms with Crippen LogP contribution in [0.1, 0.15) is 43.6 Å². The van der Waals surface area contributed by atoms with Gasteiger partial charge in [0.25, 0.3) is 0 Å². The van der Waals surface area contributed by atoms with E-state index in [4.69, 9.17) is 4.42 Å². The van der Waals surface area contributed by atoms with Gasteiger partial charge in [0, 0.05) is 16.6 Å². The van der Waals surface area contributed by atoms with E-state index in [0.29, 0.717) is 5.92 Å². The summed E-state index contributed by atoms with van der Waals surface area (Å²) in [6.07, 6.45) is 6.47. The minimum absolute atomic E-state index is 0.585. The predicted octanol–water partition coefficient (Wildman–Crippen LogP) is 16.4. The summed E-state index contributed by atoms with van der Waals surface area (Å²) >= 11 is 0. The van der Waals surface area contributed by atoms with Gasteiger partial charge in [-0.2, -0.15) is 0 Å². The summed E-state index contributed by atoms with van der Waals surface area (Å²) in [6, 6.07) is 70.9. The summed E-state index contributed by atoms with van der Waals surface area (Å²) in [6.45, 7) is 0. The van der Waals surface area contributed by atoms with E-state index in [1.807, 2.05) is 0 Å². The smallest absolute Gasteiger partial charge is 0.137 e. The third kappa shape index (κ3) is 5.96. The van der Waals surface area contributed by atoms with Crippen LogP contribution in [0.25, 0.3) is 76.9 Å². The normalized spacial score (nSPS) is 13.4. The number of hydrogen-bond acceptors (Lipinski definition) is 2. The molecular formula is C56H43NO. The van der Waals surface area contributed by atoms with Crippen LogP contribution < -0.4 is 4.90 Å². The van der Waals surface area contributed by atoms with E-state index in [1.165, 1.54) is 92.6 Å². The van der Waals surface area contributed by atoms with Crippen LogP contribution in [0.3, 0.4) is 0 Å². The molecule has 1 aliphatic rings. The lowest BCUT2D eigenvalue weighted by molar-refractivity contribution is 0.445. The third-order valence-electron chi connectivity index (χ3n) is 12.5. The Morgan fingerprint density at radius 2 is 0.948 bits per heavy atom. The Labute approximate surface area is 339 Å². The second kappa shape index (κ2) is 14.6. The van der Waals surface area contributed by atoms with Gasteiger partial charge in [-0.15, -0.1) is 0 Å². The summed E-state index contributed by atoms with van der Waals surface area (Å²) in [5.41, 5.74) is 13.9. The molecule has 0 N–H and O–H groups in total. The topological polar surface area (TPSA) is 16.4 Å². The van der Waals surface area contributed by atoms with Crippen molar-refractivity contribution in [2.45, 2.75) is 38.0 Å². The van der Waals surface area contributed by atoms with Crippen LogP contribution in [0.5, 0.6) is 0 Å². The van der Waals surface area contributed by atoms with Crippen molar-refractivity contribution in [3.8, 4) is 33.4 Å². The molecule has 9 aromatic carbocycles. The maximum absolute atomic E-state index is 6.49. The van der Waals surface area contributed by atoms with Crippen molar-refractivity contribution < 1.29 is 4.42 Å². The van der Waals surface area contributed by atoms with Crippen LogP contribution in [0.15, 0.2) is 199 Å². The molecule has 0 radical (unpaired) electrons. The summed E-state index contributed by atoms with van der Waals surface area (Å²) in [7, 11) is 0. The fourth-order valence-electron chi connectivity index (χ4n) is 9.72. The first-order chi connectivity index (χ1) is 28.8. The van der Waals surface area contributed by atoms with E-state index in [9.17, 15) is 0 Å². The first-order valence-electron chi connectivity index (χ1n) is 20.8. The SMILES string of the molecule is c1ccc(N(c2ccc(-c3ccc(-c4cccc5ccccc45)cc3)cc2)c2cccc3oc4ccccc4c23)c(-c2cccc3cccc(C4CCCCC4)c23)c1. The zero-order chi connectivity index (χ0) is 38.4. The van der Waals surface area contributed by atoms with Crippen LogP contribution in [0.4, 0.5) is 17.1 Å². The van der Waals surface area contributed by atoms with Gasteiger partial charge in [0.2, 0.25) is 0 Å². The number of hydrogen-bond donors (Lipinski definition) is 0. The molecule has 0 unspecified atom stereocenters. The Hall–Kier alpha value is -6.90. The van der Waals surface area contributed by atoms with Gasteiger partial charge in [-0.25, -0.2) is 0 Å². The maximum atomic E-state index is 6.49. The number of rotatable bonds is 7. The molecule has 10 aromatic rings. The molecule has 1 aromatic heterocycles. The molecule has 2 heteroatoms. The molecule has 0 atom stereocenters. The lowest BCUT2D eigenvalue weighted by Crippen LogP contribution is -2.12. The van der Waals surface area contributed by atoms with Crippen molar-refractivity contribution >= 4 is 60.5 Å². The monoisotopic (exact) mass is 745 g/mol. The molecule has 0 spiro atoms. The summed E-state index contributed by atoms with van der Waals surface area (Å²) < 4.78 is 6.49. The minimum Gasteiger partial charge on any atom is -0.456 e. The van der Waals surface area contributed by atoms with Crippen molar-refractivity contribution in [2.75, 3.05) is 4.90 Å². The van der Waals surface area contributed by atoms with Gasteiger partial charge in [0.15, 0.2) is 0 Å². The highest BCUT2D eigenvalue weighted by Crippen LogP contribution is 2.48. The number of furan rings is 1. The van der Waals surface area contributed by atoms with Gasteiger partial charge < -0.3 is 9.32 Å². The lowest BCUT2D eigenvalue weighted by atomic mass is 9.80. The second-order valence-corrected chi connectivity index (χ2v) is 15.8. The van der Waals surface area contributed by atoms with Crippen molar-refractivity contribution in [3.05, 3.63) is 200 Å². The van der Waals surface area contributed by atoms with Gasteiger partial charge in [0.05, 0.1) is 16.8 Å². The van der Waals surface area contributed by atoms with Crippen LogP contribution >= 0.6 is 0 Å². The largest absolute Gasteiger partial charge is 0.456 e. The third-order valence-corrected chi connectivity index (χ3v) is 12.5. The molecule has 0 amide bonds. The number of para-hydroxylation sites is 2. The molecule has 1 fully saturated rings. The molecule has 278 valence electrons.